The van der Waals surface area contributed by atoms with Gasteiger partial charge in [0.1, 0.15) is 0 Å². The van der Waals surface area contributed by atoms with Gasteiger partial charge in [0.2, 0.25) is 0 Å². The number of rotatable bonds is 4. The Hall–Kier alpha value is -1.36. The molecule has 1 fully saturated rings. The highest BCUT2D eigenvalue weighted by Gasteiger charge is 2.34. The SMILES string of the molecule is NC1(c2ccnc3cc(Cl)ccc23)CCC(NCc2ccc(Cl)c(Cl)c2)CC1. The number of halogens is 3. The van der Waals surface area contributed by atoms with Gasteiger partial charge >= 0.3 is 0 Å². The van der Waals surface area contributed by atoms with Crippen LogP contribution in [-0.4, -0.2) is 11.0 Å². The Morgan fingerprint density at radius 1 is 1.00 bits per heavy atom. The van der Waals surface area contributed by atoms with Crippen molar-refractivity contribution < 1.29 is 0 Å². The summed E-state index contributed by atoms with van der Waals surface area (Å²) in [6.07, 6.45) is 5.73. The summed E-state index contributed by atoms with van der Waals surface area (Å²) in [4.78, 5) is 4.45. The Kier molecular flexibility index (Phi) is 5.82. The predicted octanol–water partition coefficient (Wildman–Crippen LogP) is 6.08. The van der Waals surface area contributed by atoms with Crippen LogP contribution in [0.2, 0.25) is 15.1 Å². The lowest BCUT2D eigenvalue weighted by molar-refractivity contribution is 0.252. The van der Waals surface area contributed by atoms with E-state index in [9.17, 15) is 0 Å². The molecule has 3 N–H and O–H groups in total. The zero-order valence-electron chi connectivity index (χ0n) is 15.4. The van der Waals surface area contributed by atoms with Crippen molar-refractivity contribution in [3.63, 3.8) is 0 Å². The average molecular weight is 435 g/mol. The number of nitrogens with zero attached hydrogens (tertiary/aromatic N) is 1. The Bertz CT molecular complexity index is 997. The number of hydrogen-bond acceptors (Lipinski definition) is 3. The van der Waals surface area contributed by atoms with Crippen LogP contribution in [0.3, 0.4) is 0 Å². The Morgan fingerprint density at radius 3 is 2.54 bits per heavy atom. The lowest BCUT2D eigenvalue weighted by Crippen LogP contribution is -2.45. The van der Waals surface area contributed by atoms with Crippen LogP contribution in [-0.2, 0) is 12.1 Å². The van der Waals surface area contributed by atoms with Crippen LogP contribution < -0.4 is 11.1 Å². The molecule has 2 aromatic carbocycles. The first kappa shape index (κ1) is 19.9. The number of hydrogen-bond donors (Lipinski definition) is 2. The van der Waals surface area contributed by atoms with Gasteiger partial charge < -0.3 is 11.1 Å². The minimum Gasteiger partial charge on any atom is -0.321 e. The van der Waals surface area contributed by atoms with Crippen LogP contribution in [0, 0.1) is 0 Å². The van der Waals surface area contributed by atoms with Crippen LogP contribution >= 0.6 is 34.8 Å². The van der Waals surface area contributed by atoms with Crippen molar-refractivity contribution in [1.29, 1.82) is 0 Å². The predicted molar refractivity (Wildman–Crippen MR) is 118 cm³/mol. The molecule has 6 heteroatoms. The fourth-order valence-electron chi connectivity index (χ4n) is 4.07. The number of fused-ring (bicyclic) bond motifs is 1. The van der Waals surface area contributed by atoms with Gasteiger partial charge in [0, 0.05) is 34.7 Å². The van der Waals surface area contributed by atoms with E-state index in [1.807, 2.05) is 42.6 Å². The van der Waals surface area contributed by atoms with Gasteiger partial charge in [-0.2, -0.15) is 0 Å². The van der Waals surface area contributed by atoms with E-state index in [0.717, 1.165) is 54.3 Å². The first-order chi connectivity index (χ1) is 13.4. The van der Waals surface area contributed by atoms with Gasteiger partial charge in [-0.3, -0.25) is 4.98 Å². The number of pyridine rings is 1. The van der Waals surface area contributed by atoms with E-state index in [4.69, 9.17) is 40.5 Å². The molecular weight excluding hydrogens is 413 g/mol. The van der Waals surface area contributed by atoms with Gasteiger partial charge in [-0.15, -0.1) is 0 Å². The minimum atomic E-state index is -0.337. The van der Waals surface area contributed by atoms with E-state index < -0.39 is 0 Å². The third-order valence-corrected chi connectivity index (χ3v) is 6.67. The van der Waals surface area contributed by atoms with Gasteiger partial charge in [-0.25, -0.2) is 0 Å². The summed E-state index contributed by atoms with van der Waals surface area (Å²) >= 11 is 18.2. The molecule has 0 spiro atoms. The molecule has 1 saturated carbocycles. The molecule has 0 aliphatic heterocycles. The fourth-order valence-corrected chi connectivity index (χ4v) is 4.56. The second-order valence-corrected chi connectivity index (χ2v) is 8.83. The Labute approximate surface area is 180 Å². The zero-order chi connectivity index (χ0) is 19.7. The van der Waals surface area contributed by atoms with Crippen molar-refractivity contribution in [2.75, 3.05) is 0 Å². The molecule has 0 saturated heterocycles. The lowest BCUT2D eigenvalue weighted by Gasteiger charge is -2.38. The van der Waals surface area contributed by atoms with Crippen molar-refractivity contribution in [2.24, 2.45) is 5.73 Å². The summed E-state index contributed by atoms with van der Waals surface area (Å²) in [6, 6.07) is 14.1. The van der Waals surface area contributed by atoms with Crippen molar-refractivity contribution >= 4 is 45.7 Å². The second kappa shape index (κ2) is 8.17. The minimum absolute atomic E-state index is 0.337. The maximum absolute atomic E-state index is 6.87. The highest BCUT2D eigenvalue weighted by atomic mass is 35.5. The van der Waals surface area contributed by atoms with Crippen molar-refractivity contribution in [3.05, 3.63) is 74.9 Å². The van der Waals surface area contributed by atoms with E-state index in [0.29, 0.717) is 21.1 Å². The van der Waals surface area contributed by atoms with Crippen LogP contribution in [0.25, 0.3) is 10.9 Å². The third kappa shape index (κ3) is 4.14. The van der Waals surface area contributed by atoms with Crippen molar-refractivity contribution in [1.82, 2.24) is 10.3 Å². The first-order valence-electron chi connectivity index (χ1n) is 9.45. The molecule has 0 atom stereocenters. The van der Waals surface area contributed by atoms with Gasteiger partial charge in [0.15, 0.2) is 0 Å². The van der Waals surface area contributed by atoms with Gasteiger partial charge in [-0.1, -0.05) is 46.9 Å². The quantitative estimate of drug-likeness (QED) is 0.523. The monoisotopic (exact) mass is 433 g/mol. The molecule has 1 aromatic heterocycles. The second-order valence-electron chi connectivity index (χ2n) is 7.58. The molecule has 3 nitrogen and oxygen atoms in total. The van der Waals surface area contributed by atoms with E-state index in [-0.39, 0.29) is 5.54 Å². The molecule has 0 unspecified atom stereocenters. The lowest BCUT2D eigenvalue weighted by atomic mass is 9.74. The van der Waals surface area contributed by atoms with Crippen molar-refractivity contribution in [2.45, 2.75) is 43.8 Å². The van der Waals surface area contributed by atoms with Gasteiger partial charge in [0.05, 0.1) is 15.6 Å². The average Bonchev–Trinajstić information content (AvgIpc) is 2.69. The van der Waals surface area contributed by atoms with E-state index in [1.54, 1.807) is 0 Å². The van der Waals surface area contributed by atoms with Crippen LogP contribution in [0.4, 0.5) is 0 Å². The number of benzene rings is 2. The van der Waals surface area contributed by atoms with Crippen LogP contribution in [0.15, 0.2) is 48.7 Å². The zero-order valence-corrected chi connectivity index (χ0v) is 17.7. The van der Waals surface area contributed by atoms with Gasteiger partial charge in [-0.05, 0) is 67.1 Å². The summed E-state index contributed by atoms with van der Waals surface area (Å²) in [5.74, 6) is 0. The summed E-state index contributed by atoms with van der Waals surface area (Å²) in [7, 11) is 0. The molecule has 0 amide bonds. The third-order valence-electron chi connectivity index (χ3n) is 5.70. The highest BCUT2D eigenvalue weighted by molar-refractivity contribution is 6.42. The summed E-state index contributed by atoms with van der Waals surface area (Å²) < 4.78 is 0. The molecule has 1 aliphatic rings. The smallest absolute Gasteiger partial charge is 0.0720 e. The maximum atomic E-state index is 6.87. The van der Waals surface area contributed by atoms with E-state index in [1.165, 1.54) is 0 Å². The van der Waals surface area contributed by atoms with Crippen molar-refractivity contribution in [3.8, 4) is 0 Å². The largest absolute Gasteiger partial charge is 0.321 e. The molecule has 1 heterocycles. The molecule has 4 rings (SSSR count). The van der Waals surface area contributed by atoms with E-state index >= 15 is 0 Å². The molecule has 3 aromatic rings. The fraction of sp³-hybridized carbons (Fsp3) is 0.318. The van der Waals surface area contributed by atoms with E-state index in [2.05, 4.69) is 16.4 Å². The summed E-state index contributed by atoms with van der Waals surface area (Å²) in [6.45, 7) is 0.774. The number of aromatic nitrogens is 1. The Morgan fingerprint density at radius 2 is 1.79 bits per heavy atom. The van der Waals surface area contributed by atoms with Crippen LogP contribution in [0.1, 0.15) is 36.8 Å². The molecule has 1 aliphatic carbocycles. The van der Waals surface area contributed by atoms with Crippen LogP contribution in [0.5, 0.6) is 0 Å². The summed E-state index contributed by atoms with van der Waals surface area (Å²) in [5.41, 5.74) is 9.73. The molecule has 0 bridgehead atoms. The molecule has 28 heavy (non-hydrogen) atoms. The maximum Gasteiger partial charge on any atom is 0.0720 e. The standard InChI is InChI=1S/C22H22Cl3N3/c23-15-2-3-17-18(7-10-27-21(17)12-15)22(26)8-5-16(6-9-22)28-13-14-1-4-19(24)20(25)11-14/h1-4,7,10-12,16,28H,5-6,8-9,13,26H2. The topological polar surface area (TPSA) is 50.9 Å². The Balaban J connectivity index is 1.44. The molecule has 0 radical (unpaired) electrons. The molecule has 146 valence electrons. The summed E-state index contributed by atoms with van der Waals surface area (Å²) in [5, 5.41) is 6.60. The first-order valence-corrected chi connectivity index (χ1v) is 10.6. The number of nitrogens with one attached hydrogen (secondary N) is 1. The number of nitrogens with two attached hydrogens (primary N) is 1. The molecular formula is C22H22Cl3N3. The highest BCUT2D eigenvalue weighted by Crippen LogP contribution is 2.38. The normalized spacial score (nSPS) is 22.5. The van der Waals surface area contributed by atoms with Gasteiger partial charge in [0.25, 0.3) is 0 Å².